The molecule has 0 unspecified atom stereocenters. The number of nitrogen functional groups attached to an aromatic ring is 1. The second-order valence-corrected chi connectivity index (χ2v) is 6.54. The molecule has 21 heavy (non-hydrogen) atoms. The van der Waals surface area contributed by atoms with Gasteiger partial charge in [-0.15, -0.1) is 0 Å². The van der Waals surface area contributed by atoms with Crippen LogP contribution >= 0.6 is 0 Å². The number of halogens is 1. The highest BCUT2D eigenvalue weighted by Gasteiger charge is 2.25. The Morgan fingerprint density at radius 3 is 2.43 bits per heavy atom. The number of nitrogens with zero attached hydrogens (tertiary/aromatic N) is 1. The maximum absolute atomic E-state index is 13.4. The van der Waals surface area contributed by atoms with Gasteiger partial charge in [-0.25, -0.2) is 12.8 Å². The minimum atomic E-state index is -3.86. The van der Waals surface area contributed by atoms with Crippen molar-refractivity contribution < 1.29 is 12.8 Å². The summed E-state index contributed by atoms with van der Waals surface area (Å²) in [6.07, 6.45) is 0. The number of aryl methyl sites for hydroxylation is 1. The minimum Gasteiger partial charge on any atom is -0.399 e. The van der Waals surface area contributed by atoms with Crippen LogP contribution in [0.15, 0.2) is 47.4 Å². The van der Waals surface area contributed by atoms with Crippen LogP contribution in [0.25, 0.3) is 0 Å². The van der Waals surface area contributed by atoms with Gasteiger partial charge in [0.15, 0.2) is 0 Å². The van der Waals surface area contributed by atoms with Crippen molar-refractivity contribution in [2.45, 2.75) is 18.7 Å². The van der Waals surface area contributed by atoms with E-state index in [0.29, 0.717) is 5.69 Å². The third kappa shape index (κ3) is 3.00. The van der Waals surface area contributed by atoms with Gasteiger partial charge in [0, 0.05) is 12.2 Å². The first kappa shape index (κ1) is 15.3. The van der Waals surface area contributed by atoms with Gasteiger partial charge in [-0.1, -0.05) is 18.2 Å². The third-order valence-electron chi connectivity index (χ3n) is 3.15. The van der Waals surface area contributed by atoms with Gasteiger partial charge in [-0.2, -0.15) is 0 Å². The zero-order chi connectivity index (χ0) is 15.6. The average Bonchev–Trinajstić information content (AvgIpc) is 2.40. The topological polar surface area (TPSA) is 63.4 Å². The van der Waals surface area contributed by atoms with Crippen molar-refractivity contribution in [2.75, 3.05) is 16.6 Å². The molecule has 0 bridgehead atoms. The van der Waals surface area contributed by atoms with Crippen LogP contribution in [0.1, 0.15) is 12.5 Å². The summed E-state index contributed by atoms with van der Waals surface area (Å²) in [5, 5.41) is 0. The first-order valence-corrected chi connectivity index (χ1v) is 7.94. The quantitative estimate of drug-likeness (QED) is 0.883. The van der Waals surface area contributed by atoms with Gasteiger partial charge in [0.25, 0.3) is 10.0 Å². The predicted molar refractivity (Wildman–Crippen MR) is 82.2 cm³/mol. The van der Waals surface area contributed by atoms with Crippen molar-refractivity contribution in [3.05, 3.63) is 53.8 Å². The lowest BCUT2D eigenvalue weighted by Gasteiger charge is -2.24. The molecule has 0 aliphatic heterocycles. The van der Waals surface area contributed by atoms with Crippen molar-refractivity contribution in [1.29, 1.82) is 0 Å². The summed E-state index contributed by atoms with van der Waals surface area (Å²) < 4.78 is 40.1. The van der Waals surface area contributed by atoms with Gasteiger partial charge < -0.3 is 5.73 Å². The molecule has 0 amide bonds. The number of hydrogen-bond donors (Lipinski definition) is 1. The number of nitrogens with two attached hydrogens (primary N) is 1. The molecule has 0 aromatic heterocycles. The van der Waals surface area contributed by atoms with E-state index in [2.05, 4.69) is 0 Å². The average molecular weight is 308 g/mol. The van der Waals surface area contributed by atoms with Crippen LogP contribution in [-0.4, -0.2) is 15.0 Å². The van der Waals surface area contributed by atoms with Crippen LogP contribution in [-0.2, 0) is 10.0 Å². The van der Waals surface area contributed by atoms with E-state index in [1.807, 2.05) is 19.1 Å². The molecule has 2 rings (SSSR count). The first-order valence-electron chi connectivity index (χ1n) is 6.50. The standard InChI is InChI=1S/C15H17FN2O2S/c1-3-18(15-7-5-4-6-11(15)2)21(19,20)14-9-12(16)8-13(17)10-14/h4-10H,3,17H2,1-2H3. The SMILES string of the molecule is CCN(c1ccccc1C)S(=O)(=O)c1cc(N)cc(F)c1. The summed E-state index contributed by atoms with van der Waals surface area (Å²) in [4.78, 5) is -0.148. The van der Waals surface area contributed by atoms with Crippen molar-refractivity contribution in [1.82, 2.24) is 0 Å². The Kier molecular flexibility index (Phi) is 4.18. The van der Waals surface area contributed by atoms with Crippen LogP contribution in [0, 0.1) is 12.7 Å². The summed E-state index contributed by atoms with van der Waals surface area (Å²) >= 11 is 0. The molecule has 0 fully saturated rings. The van der Waals surface area contributed by atoms with Crippen LogP contribution in [0.5, 0.6) is 0 Å². The Labute approximate surface area is 124 Å². The Balaban J connectivity index is 2.58. The van der Waals surface area contributed by atoms with Gasteiger partial charge in [0.1, 0.15) is 5.82 Å². The number of hydrogen-bond acceptors (Lipinski definition) is 3. The van der Waals surface area contributed by atoms with Crippen molar-refractivity contribution >= 4 is 21.4 Å². The molecule has 112 valence electrons. The zero-order valence-corrected chi connectivity index (χ0v) is 12.7. The van der Waals surface area contributed by atoms with Crippen LogP contribution in [0.3, 0.4) is 0 Å². The molecule has 0 atom stereocenters. The Bertz CT molecular complexity index is 740. The largest absolute Gasteiger partial charge is 0.399 e. The van der Waals surface area contributed by atoms with Crippen molar-refractivity contribution in [2.24, 2.45) is 0 Å². The van der Waals surface area contributed by atoms with E-state index in [-0.39, 0.29) is 17.1 Å². The molecule has 0 spiro atoms. The maximum atomic E-state index is 13.4. The van der Waals surface area contributed by atoms with E-state index < -0.39 is 15.8 Å². The lowest BCUT2D eigenvalue weighted by molar-refractivity contribution is 0.587. The van der Waals surface area contributed by atoms with Gasteiger partial charge >= 0.3 is 0 Å². The fraction of sp³-hybridized carbons (Fsp3) is 0.200. The summed E-state index contributed by atoms with van der Waals surface area (Å²) in [5.74, 6) is -0.672. The first-order chi connectivity index (χ1) is 9.86. The number of para-hydroxylation sites is 1. The molecular formula is C15H17FN2O2S. The number of anilines is 2. The third-order valence-corrected chi connectivity index (χ3v) is 5.02. The normalized spacial score (nSPS) is 11.4. The van der Waals surface area contributed by atoms with E-state index >= 15 is 0 Å². The van der Waals surface area contributed by atoms with Crippen LogP contribution < -0.4 is 10.0 Å². The zero-order valence-electron chi connectivity index (χ0n) is 11.9. The lowest BCUT2D eigenvalue weighted by atomic mass is 10.2. The van der Waals surface area contributed by atoms with Gasteiger partial charge in [-0.05, 0) is 43.7 Å². The van der Waals surface area contributed by atoms with Crippen molar-refractivity contribution in [3.8, 4) is 0 Å². The lowest BCUT2D eigenvalue weighted by Crippen LogP contribution is -2.31. The van der Waals surface area contributed by atoms with Crippen LogP contribution in [0.2, 0.25) is 0 Å². The van der Waals surface area contributed by atoms with Crippen molar-refractivity contribution in [3.63, 3.8) is 0 Å². The highest BCUT2D eigenvalue weighted by molar-refractivity contribution is 7.92. The maximum Gasteiger partial charge on any atom is 0.264 e. The molecule has 2 aromatic carbocycles. The molecule has 0 radical (unpaired) electrons. The smallest absolute Gasteiger partial charge is 0.264 e. The monoisotopic (exact) mass is 308 g/mol. The highest BCUT2D eigenvalue weighted by Crippen LogP contribution is 2.27. The molecule has 2 N–H and O–H groups in total. The Morgan fingerprint density at radius 2 is 1.86 bits per heavy atom. The molecule has 2 aromatic rings. The molecule has 0 aliphatic carbocycles. The predicted octanol–water partition coefficient (Wildman–Crippen LogP) is 2.93. The van der Waals surface area contributed by atoms with Gasteiger partial charge in [0.05, 0.1) is 10.6 Å². The molecule has 0 aliphatic rings. The Hall–Kier alpha value is -2.08. The summed E-state index contributed by atoms with van der Waals surface area (Å²) in [6, 6.07) is 10.5. The number of rotatable bonds is 4. The second-order valence-electron chi connectivity index (χ2n) is 4.68. The molecular weight excluding hydrogens is 291 g/mol. The molecule has 6 heteroatoms. The molecule has 0 saturated heterocycles. The molecule has 0 heterocycles. The van der Waals surface area contributed by atoms with E-state index in [0.717, 1.165) is 17.7 Å². The van der Waals surface area contributed by atoms with E-state index in [4.69, 9.17) is 5.73 Å². The highest BCUT2D eigenvalue weighted by atomic mass is 32.2. The fourth-order valence-corrected chi connectivity index (χ4v) is 3.78. The fourth-order valence-electron chi connectivity index (χ4n) is 2.17. The van der Waals surface area contributed by atoms with Gasteiger partial charge in [-0.3, -0.25) is 4.31 Å². The molecule has 0 saturated carbocycles. The van der Waals surface area contributed by atoms with E-state index in [1.165, 1.54) is 10.4 Å². The summed E-state index contributed by atoms with van der Waals surface area (Å²) in [6.45, 7) is 3.80. The van der Waals surface area contributed by atoms with Crippen LogP contribution in [0.4, 0.5) is 15.8 Å². The van der Waals surface area contributed by atoms with E-state index in [9.17, 15) is 12.8 Å². The van der Waals surface area contributed by atoms with Gasteiger partial charge in [0.2, 0.25) is 0 Å². The summed E-state index contributed by atoms with van der Waals surface area (Å²) in [5.41, 5.74) is 7.02. The Morgan fingerprint density at radius 1 is 1.19 bits per heavy atom. The minimum absolute atomic E-state index is 0.0782. The molecule has 4 nitrogen and oxygen atoms in total. The summed E-state index contributed by atoms with van der Waals surface area (Å²) in [7, 11) is -3.86. The van der Waals surface area contributed by atoms with E-state index in [1.54, 1.807) is 19.1 Å². The second kappa shape index (κ2) is 5.73. The number of sulfonamides is 1. The number of benzene rings is 2.